The SMILES string of the molecule is Cc1ccc[nH]1.Cc1cccn1C(=O)OC(C)(C)C. The van der Waals surface area contributed by atoms with Crippen LogP contribution in [-0.2, 0) is 4.74 Å². The van der Waals surface area contributed by atoms with E-state index in [1.165, 1.54) is 10.3 Å². The highest BCUT2D eigenvalue weighted by Crippen LogP contribution is 2.10. The van der Waals surface area contributed by atoms with Gasteiger partial charge in [0, 0.05) is 23.8 Å². The molecule has 0 unspecified atom stereocenters. The number of H-pyrrole nitrogens is 1. The summed E-state index contributed by atoms with van der Waals surface area (Å²) in [6, 6.07) is 7.69. The minimum absolute atomic E-state index is 0.324. The first-order valence-corrected chi connectivity index (χ1v) is 6.27. The Morgan fingerprint density at radius 3 is 2.21 bits per heavy atom. The predicted octanol–water partition coefficient (Wildman–Crippen LogP) is 3.90. The van der Waals surface area contributed by atoms with Gasteiger partial charge in [0.15, 0.2) is 0 Å². The van der Waals surface area contributed by atoms with Crippen LogP contribution in [0.1, 0.15) is 32.2 Å². The second-order valence-electron chi connectivity index (χ2n) is 5.35. The Morgan fingerprint density at radius 1 is 1.21 bits per heavy atom. The average molecular weight is 262 g/mol. The van der Waals surface area contributed by atoms with Crippen molar-refractivity contribution < 1.29 is 9.53 Å². The third kappa shape index (κ3) is 5.46. The van der Waals surface area contributed by atoms with Gasteiger partial charge >= 0.3 is 6.09 Å². The Bertz CT molecular complexity index is 504. The van der Waals surface area contributed by atoms with Crippen LogP contribution in [0, 0.1) is 13.8 Å². The summed E-state index contributed by atoms with van der Waals surface area (Å²) >= 11 is 0. The fourth-order valence-corrected chi connectivity index (χ4v) is 1.40. The topological polar surface area (TPSA) is 47.0 Å². The van der Waals surface area contributed by atoms with Crippen molar-refractivity contribution in [1.29, 1.82) is 0 Å². The monoisotopic (exact) mass is 262 g/mol. The molecule has 0 fully saturated rings. The fourth-order valence-electron chi connectivity index (χ4n) is 1.40. The number of aromatic amines is 1. The molecule has 4 heteroatoms. The standard InChI is InChI=1S/C10H15NO2.C5H7N/c1-8-6-5-7-11(8)9(12)13-10(2,3)4;1-5-3-2-4-6-5/h5-7H,1-4H3;2-4,6H,1H3. The molecular formula is C15H22N2O2. The van der Waals surface area contributed by atoms with E-state index >= 15 is 0 Å². The second kappa shape index (κ2) is 6.27. The molecule has 0 aliphatic carbocycles. The van der Waals surface area contributed by atoms with E-state index in [1.807, 2.05) is 65.1 Å². The van der Waals surface area contributed by atoms with Crippen molar-refractivity contribution in [3.05, 3.63) is 48.0 Å². The van der Waals surface area contributed by atoms with Gasteiger partial charge in [-0.1, -0.05) is 0 Å². The van der Waals surface area contributed by atoms with Crippen LogP contribution in [-0.4, -0.2) is 21.2 Å². The molecule has 0 saturated heterocycles. The molecule has 0 radical (unpaired) electrons. The van der Waals surface area contributed by atoms with E-state index in [9.17, 15) is 4.79 Å². The molecule has 2 aromatic rings. The molecule has 1 N–H and O–H groups in total. The smallest absolute Gasteiger partial charge is 0.418 e. The first-order chi connectivity index (χ1) is 8.79. The van der Waals surface area contributed by atoms with Gasteiger partial charge in [-0.2, -0.15) is 0 Å². The molecule has 19 heavy (non-hydrogen) atoms. The van der Waals surface area contributed by atoms with Crippen molar-refractivity contribution in [3.63, 3.8) is 0 Å². The predicted molar refractivity (Wildman–Crippen MR) is 76.3 cm³/mol. The molecule has 4 nitrogen and oxygen atoms in total. The molecule has 0 atom stereocenters. The number of carbonyl (C=O) groups is 1. The van der Waals surface area contributed by atoms with Crippen LogP contribution in [0.25, 0.3) is 0 Å². The highest BCUT2D eigenvalue weighted by molar-refractivity contribution is 5.71. The van der Waals surface area contributed by atoms with E-state index in [2.05, 4.69) is 4.98 Å². The van der Waals surface area contributed by atoms with Crippen LogP contribution in [0.15, 0.2) is 36.7 Å². The Morgan fingerprint density at radius 2 is 1.89 bits per heavy atom. The van der Waals surface area contributed by atoms with E-state index in [4.69, 9.17) is 4.74 Å². The van der Waals surface area contributed by atoms with Crippen molar-refractivity contribution in [3.8, 4) is 0 Å². The lowest BCUT2D eigenvalue weighted by Gasteiger charge is -2.19. The maximum atomic E-state index is 11.5. The molecule has 104 valence electrons. The van der Waals surface area contributed by atoms with Gasteiger partial charge in [0.25, 0.3) is 0 Å². The van der Waals surface area contributed by atoms with E-state index in [-0.39, 0.29) is 6.09 Å². The van der Waals surface area contributed by atoms with Crippen molar-refractivity contribution in [2.75, 3.05) is 0 Å². The van der Waals surface area contributed by atoms with Gasteiger partial charge in [0.05, 0.1) is 0 Å². The molecule has 2 aromatic heterocycles. The summed E-state index contributed by atoms with van der Waals surface area (Å²) in [5.74, 6) is 0. The molecule has 0 aromatic carbocycles. The van der Waals surface area contributed by atoms with E-state index in [1.54, 1.807) is 6.20 Å². The Kier molecular flexibility index (Phi) is 4.98. The quantitative estimate of drug-likeness (QED) is 0.782. The van der Waals surface area contributed by atoms with Gasteiger partial charge in [-0.05, 0) is 58.9 Å². The summed E-state index contributed by atoms with van der Waals surface area (Å²) in [7, 11) is 0. The number of nitrogens with zero attached hydrogens (tertiary/aromatic N) is 1. The summed E-state index contributed by atoms with van der Waals surface area (Å²) in [5, 5.41) is 0. The lowest BCUT2D eigenvalue weighted by molar-refractivity contribution is 0.0534. The van der Waals surface area contributed by atoms with Gasteiger partial charge in [-0.15, -0.1) is 0 Å². The minimum Gasteiger partial charge on any atom is -0.443 e. The Hall–Kier alpha value is -1.97. The molecule has 0 saturated carbocycles. The number of carbonyl (C=O) groups excluding carboxylic acids is 1. The summed E-state index contributed by atoms with van der Waals surface area (Å²) < 4.78 is 6.68. The maximum Gasteiger partial charge on any atom is 0.418 e. The number of aromatic nitrogens is 2. The second-order valence-corrected chi connectivity index (χ2v) is 5.35. The van der Waals surface area contributed by atoms with Crippen LogP contribution in [0.4, 0.5) is 4.79 Å². The van der Waals surface area contributed by atoms with Crippen LogP contribution >= 0.6 is 0 Å². The number of hydrogen-bond donors (Lipinski definition) is 1. The number of aryl methyl sites for hydroxylation is 2. The summed E-state index contributed by atoms with van der Waals surface area (Å²) in [5.41, 5.74) is 1.66. The van der Waals surface area contributed by atoms with Gasteiger partial charge in [0.2, 0.25) is 0 Å². The van der Waals surface area contributed by atoms with Gasteiger partial charge < -0.3 is 9.72 Å². The van der Waals surface area contributed by atoms with E-state index in [0.29, 0.717) is 0 Å². The molecule has 2 heterocycles. The molecule has 0 aliphatic heterocycles. The first kappa shape index (κ1) is 15.1. The van der Waals surface area contributed by atoms with Gasteiger partial charge in [-0.25, -0.2) is 4.79 Å². The van der Waals surface area contributed by atoms with Crippen LogP contribution < -0.4 is 0 Å². The summed E-state index contributed by atoms with van der Waals surface area (Å²) in [6.45, 7) is 9.45. The minimum atomic E-state index is -0.437. The van der Waals surface area contributed by atoms with E-state index in [0.717, 1.165) is 5.69 Å². The zero-order chi connectivity index (χ0) is 14.5. The molecule has 2 rings (SSSR count). The van der Waals surface area contributed by atoms with Crippen LogP contribution in [0.2, 0.25) is 0 Å². The summed E-state index contributed by atoms with van der Waals surface area (Å²) in [6.07, 6.45) is 3.29. The summed E-state index contributed by atoms with van der Waals surface area (Å²) in [4.78, 5) is 14.5. The molecule has 0 amide bonds. The van der Waals surface area contributed by atoms with Crippen molar-refractivity contribution in [2.24, 2.45) is 0 Å². The van der Waals surface area contributed by atoms with Crippen molar-refractivity contribution in [1.82, 2.24) is 9.55 Å². The lowest BCUT2D eigenvalue weighted by Crippen LogP contribution is -2.27. The molecule has 0 bridgehead atoms. The third-order valence-electron chi connectivity index (χ3n) is 2.30. The third-order valence-corrected chi connectivity index (χ3v) is 2.30. The number of ether oxygens (including phenoxy) is 1. The van der Waals surface area contributed by atoms with Crippen LogP contribution in [0.5, 0.6) is 0 Å². The maximum absolute atomic E-state index is 11.5. The zero-order valence-electron chi connectivity index (χ0n) is 12.2. The van der Waals surface area contributed by atoms with Crippen molar-refractivity contribution in [2.45, 2.75) is 40.2 Å². The fraction of sp³-hybridized carbons (Fsp3) is 0.400. The largest absolute Gasteiger partial charge is 0.443 e. The average Bonchev–Trinajstić information content (AvgIpc) is 2.87. The van der Waals surface area contributed by atoms with Crippen LogP contribution in [0.3, 0.4) is 0 Å². The highest BCUT2D eigenvalue weighted by atomic mass is 16.6. The number of rotatable bonds is 0. The Balaban J connectivity index is 0.000000250. The van der Waals surface area contributed by atoms with Crippen molar-refractivity contribution >= 4 is 6.09 Å². The number of hydrogen-bond acceptors (Lipinski definition) is 2. The van der Waals surface area contributed by atoms with Gasteiger partial charge in [-0.3, -0.25) is 4.57 Å². The highest BCUT2D eigenvalue weighted by Gasteiger charge is 2.17. The first-order valence-electron chi connectivity index (χ1n) is 6.27. The van der Waals surface area contributed by atoms with Gasteiger partial charge in [0.1, 0.15) is 5.60 Å². The molecular weight excluding hydrogens is 240 g/mol. The lowest BCUT2D eigenvalue weighted by atomic mass is 10.2. The zero-order valence-corrected chi connectivity index (χ0v) is 12.2. The number of nitrogens with one attached hydrogen (secondary N) is 1. The normalized spacial score (nSPS) is 10.6. The Labute approximate surface area is 114 Å². The molecule has 0 spiro atoms. The molecule has 0 aliphatic rings. The van der Waals surface area contributed by atoms with E-state index < -0.39 is 5.60 Å².